The standard InChI is InChI=1S/C21H24N8O2/c1-21(18(30)28(2)3)7-13(8-21)25-19-26-16-15(17(27-19)31-4)14(10-23-16)12-9-24-20-22-5-6-29(20)11-12/h5-6,9-11,13H,7-8H2,1-4H3,(H2,23,25,26,27)/t13-,21-. The van der Waals surface area contributed by atoms with Crippen LogP contribution in [0.15, 0.2) is 31.0 Å². The van der Waals surface area contributed by atoms with Gasteiger partial charge in [0.2, 0.25) is 23.5 Å². The number of aromatic nitrogens is 6. The smallest absolute Gasteiger partial charge is 0.233 e. The number of hydrogen-bond donors (Lipinski definition) is 2. The Bertz CT molecular complexity index is 1290. The number of fused-ring (bicyclic) bond motifs is 2. The first kappa shape index (κ1) is 19.3. The van der Waals surface area contributed by atoms with E-state index in [1.807, 2.05) is 29.9 Å². The van der Waals surface area contributed by atoms with Crippen molar-refractivity contribution in [3.63, 3.8) is 0 Å². The van der Waals surface area contributed by atoms with Crippen LogP contribution < -0.4 is 10.1 Å². The number of aromatic amines is 1. The molecule has 0 atom stereocenters. The minimum Gasteiger partial charge on any atom is -0.480 e. The molecule has 1 amide bonds. The number of carbonyl (C=O) groups excluding carboxylic acids is 1. The van der Waals surface area contributed by atoms with Crippen LogP contribution in [0, 0.1) is 5.41 Å². The second kappa shape index (κ2) is 6.93. The molecule has 1 fully saturated rings. The molecule has 31 heavy (non-hydrogen) atoms. The highest BCUT2D eigenvalue weighted by Crippen LogP contribution is 2.43. The monoisotopic (exact) mass is 420 g/mol. The Labute approximate surface area is 178 Å². The van der Waals surface area contributed by atoms with Crippen LogP contribution in [0.25, 0.3) is 27.9 Å². The van der Waals surface area contributed by atoms with Gasteiger partial charge in [-0.05, 0) is 12.8 Å². The number of nitrogens with one attached hydrogen (secondary N) is 2. The molecule has 5 rings (SSSR count). The Morgan fingerprint density at radius 1 is 1.32 bits per heavy atom. The molecule has 160 valence electrons. The first-order valence-corrected chi connectivity index (χ1v) is 10.1. The number of hydrogen-bond acceptors (Lipinski definition) is 7. The van der Waals surface area contributed by atoms with Gasteiger partial charge in [-0.25, -0.2) is 9.97 Å². The van der Waals surface area contributed by atoms with Crippen LogP contribution in [0.3, 0.4) is 0 Å². The molecule has 0 aromatic carbocycles. The van der Waals surface area contributed by atoms with Gasteiger partial charge in [0.25, 0.3) is 0 Å². The van der Waals surface area contributed by atoms with Crippen molar-refractivity contribution in [2.75, 3.05) is 26.5 Å². The fourth-order valence-corrected chi connectivity index (χ4v) is 4.42. The number of amides is 1. The summed E-state index contributed by atoms with van der Waals surface area (Å²) in [5, 5.41) is 4.13. The van der Waals surface area contributed by atoms with Crippen molar-refractivity contribution in [3.8, 4) is 17.0 Å². The van der Waals surface area contributed by atoms with Crippen molar-refractivity contribution < 1.29 is 9.53 Å². The summed E-state index contributed by atoms with van der Waals surface area (Å²) in [7, 11) is 5.17. The summed E-state index contributed by atoms with van der Waals surface area (Å²) in [5.41, 5.74) is 2.13. The topological polar surface area (TPSA) is 113 Å². The number of methoxy groups -OCH3 is 1. The fraction of sp³-hybridized carbons (Fsp3) is 0.381. The molecule has 0 saturated heterocycles. The fourth-order valence-electron chi connectivity index (χ4n) is 4.42. The molecule has 10 heteroatoms. The highest BCUT2D eigenvalue weighted by Gasteiger charge is 2.47. The summed E-state index contributed by atoms with van der Waals surface area (Å²) in [6, 6.07) is 0.137. The van der Waals surface area contributed by atoms with E-state index < -0.39 is 0 Å². The molecule has 1 saturated carbocycles. The van der Waals surface area contributed by atoms with E-state index in [2.05, 4.69) is 30.2 Å². The van der Waals surface area contributed by atoms with Crippen LogP contribution in [0.2, 0.25) is 0 Å². The predicted octanol–water partition coefficient (Wildman–Crippen LogP) is 2.34. The Kier molecular flexibility index (Phi) is 4.31. The van der Waals surface area contributed by atoms with Gasteiger partial charge in [-0.1, -0.05) is 6.92 Å². The summed E-state index contributed by atoms with van der Waals surface area (Å²) < 4.78 is 7.45. The molecule has 4 heterocycles. The van der Waals surface area contributed by atoms with E-state index in [0.717, 1.165) is 29.4 Å². The van der Waals surface area contributed by atoms with E-state index in [4.69, 9.17) is 4.74 Å². The summed E-state index contributed by atoms with van der Waals surface area (Å²) in [5.74, 6) is 1.74. The van der Waals surface area contributed by atoms with E-state index >= 15 is 0 Å². The molecule has 0 unspecified atom stereocenters. The van der Waals surface area contributed by atoms with Crippen LogP contribution in [-0.2, 0) is 4.79 Å². The molecule has 1 aliphatic rings. The minimum atomic E-state index is -0.339. The lowest BCUT2D eigenvalue weighted by Gasteiger charge is -2.45. The Morgan fingerprint density at radius 2 is 2.13 bits per heavy atom. The van der Waals surface area contributed by atoms with Gasteiger partial charge in [0, 0.05) is 62.2 Å². The molecule has 4 aromatic heterocycles. The maximum absolute atomic E-state index is 12.4. The number of H-pyrrole nitrogens is 1. The SMILES string of the molecule is COc1nc(N[C@H]2C[C@](C)(C(=O)N(C)C)C2)nc2[nH]cc(-c3cnc4nccn4c3)c12. The van der Waals surface area contributed by atoms with E-state index in [1.165, 1.54) is 0 Å². The second-order valence-electron chi connectivity index (χ2n) is 8.47. The van der Waals surface area contributed by atoms with Crippen LogP contribution >= 0.6 is 0 Å². The maximum atomic E-state index is 12.4. The van der Waals surface area contributed by atoms with Gasteiger partial charge in [-0.15, -0.1) is 0 Å². The van der Waals surface area contributed by atoms with E-state index in [1.54, 1.807) is 38.5 Å². The quantitative estimate of drug-likeness (QED) is 0.509. The van der Waals surface area contributed by atoms with Gasteiger partial charge in [0.1, 0.15) is 5.65 Å². The molecular formula is C21H24N8O2. The lowest BCUT2D eigenvalue weighted by Crippen LogP contribution is -2.52. The average Bonchev–Trinajstić information content (AvgIpc) is 3.37. The summed E-state index contributed by atoms with van der Waals surface area (Å²) in [6.07, 6.45) is 10.6. The van der Waals surface area contributed by atoms with Gasteiger partial charge in [-0.3, -0.25) is 9.20 Å². The predicted molar refractivity (Wildman–Crippen MR) is 116 cm³/mol. The first-order chi connectivity index (χ1) is 14.9. The lowest BCUT2D eigenvalue weighted by molar-refractivity contribution is -0.143. The third-order valence-corrected chi connectivity index (χ3v) is 5.90. The lowest BCUT2D eigenvalue weighted by atomic mass is 9.66. The van der Waals surface area contributed by atoms with Crippen molar-refractivity contribution in [2.24, 2.45) is 5.41 Å². The Morgan fingerprint density at radius 3 is 2.87 bits per heavy atom. The van der Waals surface area contributed by atoms with Crippen LogP contribution in [-0.4, -0.2) is 67.4 Å². The third kappa shape index (κ3) is 3.15. The van der Waals surface area contributed by atoms with Crippen molar-refractivity contribution in [2.45, 2.75) is 25.8 Å². The molecule has 0 bridgehead atoms. The van der Waals surface area contributed by atoms with Gasteiger partial charge >= 0.3 is 0 Å². The van der Waals surface area contributed by atoms with Crippen LogP contribution in [0.1, 0.15) is 19.8 Å². The molecular weight excluding hydrogens is 396 g/mol. The van der Waals surface area contributed by atoms with Crippen molar-refractivity contribution in [1.82, 2.24) is 34.2 Å². The number of anilines is 1. The first-order valence-electron chi connectivity index (χ1n) is 10.1. The Balaban J connectivity index is 1.43. The van der Waals surface area contributed by atoms with Gasteiger partial charge < -0.3 is 19.9 Å². The summed E-state index contributed by atoms with van der Waals surface area (Å²) in [4.78, 5) is 35.0. The minimum absolute atomic E-state index is 0.137. The molecule has 2 N–H and O–H groups in total. The average molecular weight is 420 g/mol. The third-order valence-electron chi connectivity index (χ3n) is 5.90. The molecule has 4 aromatic rings. The van der Waals surface area contributed by atoms with Crippen molar-refractivity contribution >= 4 is 28.7 Å². The number of nitrogens with zero attached hydrogens (tertiary/aromatic N) is 6. The zero-order valence-electron chi connectivity index (χ0n) is 17.9. The van der Waals surface area contributed by atoms with E-state index in [-0.39, 0.29) is 17.4 Å². The maximum Gasteiger partial charge on any atom is 0.233 e. The normalized spacial score (nSPS) is 20.6. The summed E-state index contributed by atoms with van der Waals surface area (Å²) >= 11 is 0. The number of rotatable bonds is 5. The molecule has 0 aliphatic heterocycles. The summed E-state index contributed by atoms with van der Waals surface area (Å²) in [6.45, 7) is 2.00. The molecule has 0 radical (unpaired) electrons. The van der Waals surface area contributed by atoms with Gasteiger partial charge in [0.15, 0.2) is 0 Å². The van der Waals surface area contributed by atoms with Crippen LogP contribution in [0.4, 0.5) is 5.95 Å². The Hall–Kier alpha value is -3.69. The van der Waals surface area contributed by atoms with Crippen molar-refractivity contribution in [1.29, 1.82) is 0 Å². The zero-order valence-corrected chi connectivity index (χ0v) is 17.9. The number of ether oxygens (including phenoxy) is 1. The molecule has 10 nitrogen and oxygen atoms in total. The number of imidazole rings is 1. The highest BCUT2D eigenvalue weighted by atomic mass is 16.5. The zero-order chi connectivity index (χ0) is 21.8. The van der Waals surface area contributed by atoms with E-state index in [9.17, 15) is 4.79 Å². The molecule has 0 spiro atoms. The number of carbonyl (C=O) groups is 1. The van der Waals surface area contributed by atoms with Gasteiger partial charge in [-0.2, -0.15) is 9.97 Å². The van der Waals surface area contributed by atoms with Crippen LogP contribution in [0.5, 0.6) is 5.88 Å². The van der Waals surface area contributed by atoms with E-state index in [0.29, 0.717) is 23.3 Å². The highest BCUT2D eigenvalue weighted by molar-refractivity contribution is 5.97. The largest absolute Gasteiger partial charge is 0.480 e. The molecule has 1 aliphatic carbocycles. The van der Waals surface area contributed by atoms with Gasteiger partial charge in [0.05, 0.1) is 17.9 Å². The second-order valence-corrected chi connectivity index (χ2v) is 8.47. The van der Waals surface area contributed by atoms with Crippen molar-refractivity contribution in [3.05, 3.63) is 31.0 Å².